The standard InChI is InChI=1S/C15H24N2/c1-3-13-5-4-8-15(16,9-6-13)14-11-17-10-7-12(14)2/h7,10-11,13H,3-6,8-9,16H2,1-2H3. The van der Waals surface area contributed by atoms with Crippen molar-refractivity contribution in [2.24, 2.45) is 11.7 Å². The molecule has 0 radical (unpaired) electrons. The Labute approximate surface area is 105 Å². The largest absolute Gasteiger partial charge is 0.321 e. The Morgan fingerprint density at radius 1 is 1.41 bits per heavy atom. The highest BCUT2D eigenvalue weighted by Crippen LogP contribution is 2.37. The lowest BCUT2D eigenvalue weighted by atomic mass is 9.82. The predicted octanol–water partition coefficient (Wildman–Crippen LogP) is 3.53. The van der Waals surface area contributed by atoms with Gasteiger partial charge in [0.15, 0.2) is 0 Å². The molecule has 2 nitrogen and oxygen atoms in total. The van der Waals surface area contributed by atoms with Gasteiger partial charge in [0.2, 0.25) is 0 Å². The average molecular weight is 232 g/mol. The number of pyridine rings is 1. The van der Waals surface area contributed by atoms with Gasteiger partial charge in [-0.2, -0.15) is 0 Å². The van der Waals surface area contributed by atoms with Crippen LogP contribution >= 0.6 is 0 Å². The molecule has 2 rings (SSSR count). The normalized spacial score (nSPS) is 29.9. The molecule has 1 heterocycles. The van der Waals surface area contributed by atoms with E-state index in [4.69, 9.17) is 5.73 Å². The van der Waals surface area contributed by atoms with Crippen LogP contribution in [0.1, 0.15) is 56.6 Å². The molecule has 1 saturated carbocycles. The molecule has 0 spiro atoms. The highest BCUT2D eigenvalue weighted by atomic mass is 14.8. The summed E-state index contributed by atoms with van der Waals surface area (Å²) in [6, 6.07) is 2.08. The van der Waals surface area contributed by atoms with E-state index in [-0.39, 0.29) is 5.54 Å². The monoisotopic (exact) mass is 232 g/mol. The van der Waals surface area contributed by atoms with E-state index in [2.05, 4.69) is 24.9 Å². The third kappa shape index (κ3) is 2.68. The molecular formula is C15H24N2. The van der Waals surface area contributed by atoms with Gasteiger partial charge in [-0.3, -0.25) is 4.98 Å². The van der Waals surface area contributed by atoms with Crippen LogP contribution in [0.2, 0.25) is 0 Å². The fourth-order valence-electron chi connectivity index (χ4n) is 3.10. The van der Waals surface area contributed by atoms with Gasteiger partial charge in [0.05, 0.1) is 0 Å². The van der Waals surface area contributed by atoms with Crippen LogP contribution in [0.5, 0.6) is 0 Å². The molecule has 1 aromatic heterocycles. The molecule has 17 heavy (non-hydrogen) atoms. The zero-order chi connectivity index (χ0) is 12.3. The first-order valence-corrected chi connectivity index (χ1v) is 6.85. The van der Waals surface area contributed by atoms with Crippen LogP contribution < -0.4 is 5.73 Å². The molecule has 0 aliphatic heterocycles. The zero-order valence-electron chi connectivity index (χ0n) is 11.1. The summed E-state index contributed by atoms with van der Waals surface area (Å²) in [7, 11) is 0. The summed E-state index contributed by atoms with van der Waals surface area (Å²) in [5.74, 6) is 0.873. The second-order valence-corrected chi connectivity index (χ2v) is 5.55. The first kappa shape index (κ1) is 12.6. The van der Waals surface area contributed by atoms with E-state index in [1.807, 2.05) is 12.4 Å². The Morgan fingerprint density at radius 2 is 2.24 bits per heavy atom. The van der Waals surface area contributed by atoms with Crippen molar-refractivity contribution in [3.05, 3.63) is 29.6 Å². The minimum atomic E-state index is -0.137. The van der Waals surface area contributed by atoms with Gasteiger partial charge in [-0.05, 0) is 49.3 Å². The molecular weight excluding hydrogens is 208 g/mol. The molecule has 1 aliphatic rings. The van der Waals surface area contributed by atoms with E-state index in [0.717, 1.165) is 18.8 Å². The number of nitrogens with two attached hydrogens (primary N) is 1. The molecule has 0 amide bonds. The zero-order valence-corrected chi connectivity index (χ0v) is 11.1. The molecule has 0 aromatic carbocycles. The molecule has 1 aromatic rings. The first-order chi connectivity index (χ1) is 8.15. The Hall–Kier alpha value is -0.890. The predicted molar refractivity (Wildman–Crippen MR) is 71.7 cm³/mol. The molecule has 1 aliphatic carbocycles. The van der Waals surface area contributed by atoms with Gasteiger partial charge in [0, 0.05) is 17.9 Å². The van der Waals surface area contributed by atoms with E-state index in [9.17, 15) is 0 Å². The van der Waals surface area contributed by atoms with Crippen LogP contribution in [0.15, 0.2) is 18.5 Å². The number of hydrogen-bond donors (Lipinski definition) is 1. The van der Waals surface area contributed by atoms with Crippen molar-refractivity contribution in [2.45, 2.75) is 57.9 Å². The Balaban J connectivity index is 2.21. The van der Waals surface area contributed by atoms with Crippen molar-refractivity contribution in [3.63, 3.8) is 0 Å². The van der Waals surface area contributed by atoms with Crippen molar-refractivity contribution in [1.82, 2.24) is 4.98 Å². The van der Waals surface area contributed by atoms with Gasteiger partial charge in [-0.25, -0.2) is 0 Å². The van der Waals surface area contributed by atoms with E-state index < -0.39 is 0 Å². The van der Waals surface area contributed by atoms with E-state index >= 15 is 0 Å². The summed E-state index contributed by atoms with van der Waals surface area (Å²) in [4.78, 5) is 4.26. The van der Waals surface area contributed by atoms with Gasteiger partial charge >= 0.3 is 0 Å². The molecule has 2 atom stereocenters. The van der Waals surface area contributed by atoms with Crippen molar-refractivity contribution >= 4 is 0 Å². The fraction of sp³-hybridized carbons (Fsp3) is 0.667. The minimum Gasteiger partial charge on any atom is -0.321 e. The van der Waals surface area contributed by atoms with Gasteiger partial charge in [-0.15, -0.1) is 0 Å². The van der Waals surface area contributed by atoms with Crippen LogP contribution in [0.25, 0.3) is 0 Å². The summed E-state index contributed by atoms with van der Waals surface area (Å²) < 4.78 is 0. The second-order valence-electron chi connectivity index (χ2n) is 5.55. The Kier molecular flexibility index (Phi) is 3.82. The molecule has 94 valence electrons. The maximum Gasteiger partial charge on any atom is 0.0427 e. The second kappa shape index (κ2) is 5.18. The topological polar surface area (TPSA) is 38.9 Å². The number of nitrogens with zero attached hydrogens (tertiary/aromatic N) is 1. The molecule has 0 bridgehead atoms. The molecule has 2 heteroatoms. The van der Waals surface area contributed by atoms with Crippen LogP contribution in [-0.2, 0) is 5.54 Å². The number of aromatic nitrogens is 1. The van der Waals surface area contributed by atoms with Crippen LogP contribution in [0.4, 0.5) is 0 Å². The molecule has 2 N–H and O–H groups in total. The summed E-state index contributed by atoms with van der Waals surface area (Å²) in [5, 5.41) is 0. The van der Waals surface area contributed by atoms with Gasteiger partial charge in [0.25, 0.3) is 0 Å². The average Bonchev–Trinajstić information content (AvgIpc) is 2.52. The van der Waals surface area contributed by atoms with E-state index in [1.165, 1.54) is 36.8 Å². The van der Waals surface area contributed by atoms with Gasteiger partial charge < -0.3 is 5.73 Å². The van der Waals surface area contributed by atoms with Crippen LogP contribution in [0, 0.1) is 12.8 Å². The lowest BCUT2D eigenvalue weighted by molar-refractivity contribution is 0.369. The SMILES string of the molecule is CCC1CCCC(N)(c2cnccc2C)CC1. The fourth-order valence-corrected chi connectivity index (χ4v) is 3.10. The van der Waals surface area contributed by atoms with Crippen LogP contribution in [-0.4, -0.2) is 4.98 Å². The number of rotatable bonds is 2. The maximum absolute atomic E-state index is 6.66. The third-order valence-electron chi connectivity index (χ3n) is 4.39. The quantitative estimate of drug-likeness (QED) is 0.792. The van der Waals surface area contributed by atoms with E-state index in [1.54, 1.807) is 0 Å². The summed E-state index contributed by atoms with van der Waals surface area (Å²) >= 11 is 0. The molecule has 0 saturated heterocycles. The van der Waals surface area contributed by atoms with Crippen molar-refractivity contribution in [2.75, 3.05) is 0 Å². The minimum absolute atomic E-state index is 0.137. The van der Waals surface area contributed by atoms with Gasteiger partial charge in [-0.1, -0.05) is 26.2 Å². The molecule has 2 unspecified atom stereocenters. The molecule has 1 fully saturated rings. The smallest absolute Gasteiger partial charge is 0.0427 e. The highest BCUT2D eigenvalue weighted by molar-refractivity contribution is 5.29. The lowest BCUT2D eigenvalue weighted by Crippen LogP contribution is -2.37. The van der Waals surface area contributed by atoms with Crippen molar-refractivity contribution in [1.29, 1.82) is 0 Å². The summed E-state index contributed by atoms with van der Waals surface area (Å²) in [5.41, 5.74) is 9.07. The Bertz CT molecular complexity index is 375. The van der Waals surface area contributed by atoms with E-state index in [0.29, 0.717) is 0 Å². The maximum atomic E-state index is 6.66. The van der Waals surface area contributed by atoms with Crippen molar-refractivity contribution in [3.8, 4) is 0 Å². The number of aryl methyl sites for hydroxylation is 1. The van der Waals surface area contributed by atoms with Gasteiger partial charge in [0.1, 0.15) is 0 Å². The van der Waals surface area contributed by atoms with Crippen LogP contribution in [0.3, 0.4) is 0 Å². The lowest BCUT2D eigenvalue weighted by Gasteiger charge is -2.30. The number of hydrogen-bond acceptors (Lipinski definition) is 2. The summed E-state index contributed by atoms with van der Waals surface area (Å²) in [6.45, 7) is 4.44. The Morgan fingerprint density at radius 3 is 2.94 bits per heavy atom. The third-order valence-corrected chi connectivity index (χ3v) is 4.39. The first-order valence-electron chi connectivity index (χ1n) is 6.85. The summed E-state index contributed by atoms with van der Waals surface area (Å²) in [6.07, 6.45) is 11.2. The van der Waals surface area contributed by atoms with Crippen molar-refractivity contribution < 1.29 is 0 Å². The highest BCUT2D eigenvalue weighted by Gasteiger charge is 2.31.